The van der Waals surface area contributed by atoms with Crippen LogP contribution in [-0.4, -0.2) is 61.4 Å². The van der Waals surface area contributed by atoms with Crippen LogP contribution >= 0.6 is 0 Å². The van der Waals surface area contributed by atoms with Crippen LogP contribution in [-0.2, 0) is 23.7 Å². The summed E-state index contributed by atoms with van der Waals surface area (Å²) < 4.78 is 28.4. The van der Waals surface area contributed by atoms with Gasteiger partial charge in [-0.3, -0.25) is 10.1 Å². The van der Waals surface area contributed by atoms with Crippen LogP contribution < -0.4 is 0 Å². The van der Waals surface area contributed by atoms with E-state index in [9.17, 15) is 14.9 Å². The maximum absolute atomic E-state index is 12.5. The molecule has 9 nitrogen and oxygen atoms in total. The molecular formula is C21H25NO8. The normalized spacial score (nSPS) is 31.0. The van der Waals surface area contributed by atoms with Crippen molar-refractivity contribution >= 4 is 11.7 Å². The van der Waals surface area contributed by atoms with Gasteiger partial charge in [-0.05, 0) is 18.2 Å². The van der Waals surface area contributed by atoms with Crippen molar-refractivity contribution in [1.82, 2.24) is 0 Å². The first-order chi connectivity index (χ1) is 14.3. The Labute approximate surface area is 174 Å². The van der Waals surface area contributed by atoms with Gasteiger partial charge in [-0.1, -0.05) is 19.9 Å². The van der Waals surface area contributed by atoms with Crippen LogP contribution in [0, 0.1) is 15.5 Å². The van der Waals surface area contributed by atoms with E-state index in [0.717, 1.165) is 0 Å². The third-order valence-electron chi connectivity index (χ3n) is 5.24. The zero-order chi connectivity index (χ0) is 21.3. The van der Waals surface area contributed by atoms with Crippen LogP contribution in [0.5, 0.6) is 0 Å². The zero-order valence-corrected chi connectivity index (χ0v) is 16.9. The van der Waals surface area contributed by atoms with Gasteiger partial charge < -0.3 is 23.7 Å². The van der Waals surface area contributed by atoms with Gasteiger partial charge in [0.15, 0.2) is 6.29 Å². The summed E-state index contributed by atoms with van der Waals surface area (Å²) in [5.74, 6) is -0.554. The fourth-order valence-electron chi connectivity index (χ4n) is 3.44. The quantitative estimate of drug-likeness (QED) is 0.228. The van der Waals surface area contributed by atoms with E-state index >= 15 is 0 Å². The SMILES string of the molecule is CC1(C)COC(/C=C/[C@@H]2O[C@H]([C@@H]3CO3)C[C@@H]2OC(=O)c2ccc([N+](=O)[O-])cc2)OC1. The second-order valence-corrected chi connectivity index (χ2v) is 8.53. The Bertz CT molecular complexity index is 807. The van der Waals surface area contributed by atoms with Gasteiger partial charge in [0.25, 0.3) is 5.69 Å². The van der Waals surface area contributed by atoms with Crippen molar-refractivity contribution in [3.63, 3.8) is 0 Å². The number of nitro groups is 1. The van der Waals surface area contributed by atoms with Crippen molar-refractivity contribution in [2.45, 2.75) is 51.0 Å². The van der Waals surface area contributed by atoms with E-state index < -0.39 is 29.4 Å². The van der Waals surface area contributed by atoms with Gasteiger partial charge in [0.1, 0.15) is 18.3 Å². The number of nitrogens with zero attached hydrogens (tertiary/aromatic N) is 1. The first kappa shape index (κ1) is 20.9. The minimum Gasteiger partial charge on any atom is -0.456 e. The van der Waals surface area contributed by atoms with Crippen molar-refractivity contribution < 1.29 is 33.4 Å². The molecule has 162 valence electrons. The summed E-state index contributed by atoms with van der Waals surface area (Å²) in [5.41, 5.74) is 0.139. The van der Waals surface area contributed by atoms with Crippen LogP contribution in [0.1, 0.15) is 30.6 Å². The van der Waals surface area contributed by atoms with Gasteiger partial charge in [-0.15, -0.1) is 0 Å². The molecule has 9 heteroatoms. The molecule has 0 radical (unpaired) electrons. The molecule has 3 saturated heterocycles. The molecule has 0 amide bonds. The predicted molar refractivity (Wildman–Crippen MR) is 104 cm³/mol. The summed E-state index contributed by atoms with van der Waals surface area (Å²) in [6.07, 6.45) is 2.54. The number of ether oxygens (including phenoxy) is 5. The Morgan fingerprint density at radius 3 is 2.40 bits per heavy atom. The van der Waals surface area contributed by atoms with Gasteiger partial charge in [-0.25, -0.2) is 4.79 Å². The van der Waals surface area contributed by atoms with Crippen molar-refractivity contribution in [2.24, 2.45) is 5.41 Å². The number of hydrogen-bond acceptors (Lipinski definition) is 8. The van der Waals surface area contributed by atoms with Crippen molar-refractivity contribution in [1.29, 1.82) is 0 Å². The fraction of sp³-hybridized carbons (Fsp3) is 0.571. The number of hydrogen-bond donors (Lipinski definition) is 0. The largest absolute Gasteiger partial charge is 0.456 e. The number of epoxide rings is 1. The van der Waals surface area contributed by atoms with Crippen molar-refractivity contribution in [2.75, 3.05) is 19.8 Å². The molecule has 3 fully saturated rings. The molecule has 4 rings (SSSR count). The molecular weight excluding hydrogens is 394 g/mol. The lowest BCUT2D eigenvalue weighted by molar-refractivity contribution is -0.384. The Morgan fingerprint density at radius 2 is 1.80 bits per heavy atom. The van der Waals surface area contributed by atoms with Crippen LogP contribution in [0.2, 0.25) is 0 Å². The smallest absolute Gasteiger partial charge is 0.338 e. The topological polar surface area (TPSA) is 110 Å². The summed E-state index contributed by atoms with van der Waals surface area (Å²) in [6, 6.07) is 5.32. The number of benzene rings is 1. The zero-order valence-electron chi connectivity index (χ0n) is 16.9. The molecule has 0 spiro atoms. The van der Waals surface area contributed by atoms with Crippen LogP contribution in [0.15, 0.2) is 36.4 Å². The molecule has 3 aliphatic rings. The number of carbonyl (C=O) groups excluding carboxylic acids is 1. The highest BCUT2D eigenvalue weighted by atomic mass is 16.7. The fourth-order valence-corrected chi connectivity index (χ4v) is 3.44. The minimum atomic E-state index is -0.554. The first-order valence-corrected chi connectivity index (χ1v) is 9.95. The molecule has 1 aromatic rings. The molecule has 3 aliphatic heterocycles. The third kappa shape index (κ3) is 5.04. The number of rotatable bonds is 6. The highest BCUT2D eigenvalue weighted by Crippen LogP contribution is 2.33. The summed E-state index contributed by atoms with van der Waals surface area (Å²) in [5, 5.41) is 10.8. The summed E-state index contributed by atoms with van der Waals surface area (Å²) in [7, 11) is 0. The van der Waals surface area contributed by atoms with Crippen molar-refractivity contribution in [3.8, 4) is 0 Å². The second-order valence-electron chi connectivity index (χ2n) is 8.53. The van der Waals surface area contributed by atoms with E-state index in [-0.39, 0.29) is 28.9 Å². The van der Waals surface area contributed by atoms with E-state index in [4.69, 9.17) is 23.7 Å². The average Bonchev–Trinajstić information content (AvgIpc) is 3.49. The third-order valence-corrected chi connectivity index (χ3v) is 5.24. The number of esters is 1. The number of carbonyl (C=O) groups is 1. The molecule has 0 aromatic heterocycles. The molecule has 0 bridgehead atoms. The van der Waals surface area contributed by atoms with E-state index in [2.05, 4.69) is 13.8 Å². The Hall–Kier alpha value is -2.33. The Kier molecular flexibility index (Phi) is 5.88. The second kappa shape index (κ2) is 8.43. The van der Waals surface area contributed by atoms with Gasteiger partial charge >= 0.3 is 5.97 Å². The van der Waals surface area contributed by atoms with Crippen LogP contribution in [0.4, 0.5) is 5.69 Å². The molecule has 4 atom stereocenters. The molecule has 1 aromatic carbocycles. The predicted octanol–water partition coefficient (Wildman–Crippen LogP) is 2.63. The maximum atomic E-state index is 12.5. The summed E-state index contributed by atoms with van der Waals surface area (Å²) >= 11 is 0. The Morgan fingerprint density at radius 1 is 1.13 bits per heavy atom. The highest BCUT2D eigenvalue weighted by molar-refractivity contribution is 5.89. The van der Waals surface area contributed by atoms with Gasteiger partial charge in [0.05, 0.1) is 36.4 Å². The average molecular weight is 419 g/mol. The van der Waals surface area contributed by atoms with E-state index in [0.29, 0.717) is 26.2 Å². The molecule has 0 N–H and O–H groups in total. The van der Waals surface area contributed by atoms with Gasteiger partial charge in [-0.2, -0.15) is 0 Å². The lowest BCUT2D eigenvalue weighted by Gasteiger charge is -2.33. The Balaban J connectivity index is 1.39. The lowest BCUT2D eigenvalue weighted by Crippen LogP contribution is -2.37. The summed E-state index contributed by atoms with van der Waals surface area (Å²) in [4.78, 5) is 22.8. The van der Waals surface area contributed by atoms with Crippen LogP contribution in [0.25, 0.3) is 0 Å². The summed E-state index contributed by atoms with van der Waals surface area (Å²) in [6.45, 7) is 5.95. The molecule has 30 heavy (non-hydrogen) atoms. The lowest BCUT2D eigenvalue weighted by atomic mass is 9.96. The molecule has 0 aliphatic carbocycles. The molecule has 3 heterocycles. The van der Waals surface area contributed by atoms with Gasteiger partial charge in [0, 0.05) is 24.0 Å². The van der Waals surface area contributed by atoms with E-state index in [1.807, 2.05) is 0 Å². The molecule has 0 saturated carbocycles. The maximum Gasteiger partial charge on any atom is 0.338 e. The van der Waals surface area contributed by atoms with E-state index in [1.54, 1.807) is 12.2 Å². The van der Waals surface area contributed by atoms with Crippen molar-refractivity contribution in [3.05, 3.63) is 52.1 Å². The van der Waals surface area contributed by atoms with Gasteiger partial charge in [0.2, 0.25) is 0 Å². The van der Waals surface area contributed by atoms with E-state index in [1.165, 1.54) is 24.3 Å². The molecule has 0 unspecified atom stereocenters. The number of non-ortho nitro benzene ring substituents is 1. The monoisotopic (exact) mass is 419 g/mol. The standard InChI is InChI=1S/C21H25NO8/c1-21(2)11-27-19(28-12-21)8-7-15-16(9-17(29-15)18-10-26-18)30-20(23)13-3-5-14(6-4-13)22(24)25/h3-8,15-19H,9-12H2,1-2H3/b8-7+/t15-,16-,17-,18-/m0/s1. The first-order valence-electron chi connectivity index (χ1n) is 9.95. The minimum absolute atomic E-state index is 0.0203. The number of nitro benzene ring substituents is 1. The van der Waals surface area contributed by atoms with Crippen LogP contribution in [0.3, 0.4) is 0 Å². The highest BCUT2D eigenvalue weighted by Gasteiger charge is 2.45.